The van der Waals surface area contributed by atoms with E-state index >= 15 is 0 Å². The average Bonchev–Trinajstić information content (AvgIpc) is 2.48. The first-order valence-electron chi connectivity index (χ1n) is 5.77. The third kappa shape index (κ3) is 2.48. The molecule has 2 nitrogen and oxygen atoms in total. The minimum absolute atomic E-state index is 0.0162. The van der Waals surface area contributed by atoms with Crippen molar-refractivity contribution >= 4 is 0 Å². The second kappa shape index (κ2) is 4.35. The van der Waals surface area contributed by atoms with Gasteiger partial charge in [-0.25, -0.2) is 8.78 Å². The van der Waals surface area contributed by atoms with Gasteiger partial charge in [-0.1, -0.05) is 6.07 Å². The summed E-state index contributed by atoms with van der Waals surface area (Å²) < 4.78 is 27.0. The number of hydrogen-bond donors (Lipinski definition) is 1. The summed E-state index contributed by atoms with van der Waals surface area (Å²) in [5, 5.41) is 10.4. The van der Waals surface area contributed by atoms with Gasteiger partial charge in [-0.3, -0.25) is 0 Å². The first kappa shape index (κ1) is 12.5. The molecule has 0 aromatic heterocycles. The smallest absolute Gasteiger partial charge is 0.129 e. The highest BCUT2D eigenvalue weighted by atomic mass is 19.1. The largest absolute Gasteiger partial charge is 0.388 e. The van der Waals surface area contributed by atoms with Crippen LogP contribution in [-0.4, -0.2) is 35.2 Å². The summed E-state index contributed by atoms with van der Waals surface area (Å²) in [7, 11) is 1.90. The fourth-order valence-electron chi connectivity index (χ4n) is 2.55. The molecule has 0 saturated carbocycles. The molecule has 0 aliphatic carbocycles. The van der Waals surface area contributed by atoms with Crippen molar-refractivity contribution in [2.45, 2.75) is 31.4 Å². The first-order valence-corrected chi connectivity index (χ1v) is 5.77. The van der Waals surface area contributed by atoms with Crippen LogP contribution in [0.2, 0.25) is 0 Å². The lowest BCUT2D eigenvalue weighted by Gasteiger charge is -2.22. The quantitative estimate of drug-likeness (QED) is 0.855. The van der Waals surface area contributed by atoms with Crippen molar-refractivity contribution in [3.8, 4) is 0 Å². The first-order chi connectivity index (χ1) is 7.91. The lowest BCUT2D eigenvalue weighted by molar-refractivity contribution is 0.0503. The second-order valence-electron chi connectivity index (χ2n) is 5.07. The Kier molecular flexibility index (Phi) is 3.19. The maximum atomic E-state index is 13.5. The van der Waals surface area contributed by atoms with Crippen molar-refractivity contribution in [2.75, 3.05) is 13.6 Å². The second-order valence-corrected chi connectivity index (χ2v) is 5.07. The van der Waals surface area contributed by atoms with E-state index in [0.717, 1.165) is 0 Å². The van der Waals surface area contributed by atoms with Crippen LogP contribution >= 0.6 is 0 Å². The molecule has 0 amide bonds. The predicted octanol–water partition coefficient (Wildman–Crippen LogP) is 1.96. The third-order valence-corrected chi connectivity index (χ3v) is 3.54. The van der Waals surface area contributed by atoms with Crippen LogP contribution in [0.15, 0.2) is 18.2 Å². The fourth-order valence-corrected chi connectivity index (χ4v) is 2.55. The topological polar surface area (TPSA) is 23.5 Å². The Morgan fingerprint density at radius 1 is 1.41 bits per heavy atom. The monoisotopic (exact) mass is 241 g/mol. The van der Waals surface area contributed by atoms with Crippen LogP contribution in [0.4, 0.5) is 8.78 Å². The van der Waals surface area contributed by atoms with E-state index in [1.807, 2.05) is 18.9 Å². The van der Waals surface area contributed by atoms with Crippen molar-refractivity contribution in [3.63, 3.8) is 0 Å². The maximum absolute atomic E-state index is 13.5. The van der Waals surface area contributed by atoms with Crippen molar-refractivity contribution < 1.29 is 13.9 Å². The standard InChI is InChI=1S/C13H17F2NO/c1-9-6-13(17,8-16(9)2)7-10-11(14)4-3-5-12(10)15/h3-5,9,17H,6-8H2,1-2H3. The summed E-state index contributed by atoms with van der Waals surface area (Å²) in [6.45, 7) is 2.44. The molecular formula is C13H17F2NO. The SMILES string of the molecule is CC1CC(O)(Cc2c(F)cccc2F)CN1C. The lowest BCUT2D eigenvalue weighted by atomic mass is 9.91. The molecule has 0 radical (unpaired) electrons. The zero-order valence-corrected chi connectivity index (χ0v) is 10.1. The predicted molar refractivity (Wildman–Crippen MR) is 61.7 cm³/mol. The molecule has 1 fully saturated rings. The Morgan fingerprint density at radius 2 is 2.00 bits per heavy atom. The van der Waals surface area contributed by atoms with Gasteiger partial charge in [0.1, 0.15) is 11.6 Å². The number of aliphatic hydroxyl groups is 1. The summed E-state index contributed by atoms with van der Waals surface area (Å²) in [5.74, 6) is -1.17. The molecule has 4 heteroatoms. The highest BCUT2D eigenvalue weighted by Gasteiger charge is 2.39. The van der Waals surface area contributed by atoms with E-state index in [0.29, 0.717) is 13.0 Å². The Balaban J connectivity index is 2.21. The number of benzene rings is 1. The maximum Gasteiger partial charge on any atom is 0.129 e. The molecule has 1 aliphatic heterocycles. The van der Waals surface area contributed by atoms with Crippen LogP contribution in [0.25, 0.3) is 0 Å². The number of likely N-dealkylation sites (N-methyl/N-ethyl adjacent to an activating group) is 1. The van der Waals surface area contributed by atoms with Gasteiger partial charge >= 0.3 is 0 Å². The van der Waals surface area contributed by atoms with Gasteiger partial charge in [-0.2, -0.15) is 0 Å². The number of likely N-dealkylation sites (tertiary alicyclic amines) is 1. The van der Waals surface area contributed by atoms with Gasteiger partial charge in [0.15, 0.2) is 0 Å². The van der Waals surface area contributed by atoms with E-state index in [1.165, 1.54) is 18.2 Å². The average molecular weight is 241 g/mol. The van der Waals surface area contributed by atoms with Gasteiger partial charge < -0.3 is 10.0 Å². The highest BCUT2D eigenvalue weighted by molar-refractivity contribution is 5.22. The summed E-state index contributed by atoms with van der Waals surface area (Å²) in [4.78, 5) is 2.00. The van der Waals surface area contributed by atoms with Crippen LogP contribution in [0.1, 0.15) is 18.9 Å². The number of rotatable bonds is 2. The van der Waals surface area contributed by atoms with E-state index in [2.05, 4.69) is 0 Å². The minimum atomic E-state index is -1.03. The van der Waals surface area contributed by atoms with Crippen molar-refractivity contribution in [1.82, 2.24) is 4.90 Å². The summed E-state index contributed by atoms with van der Waals surface area (Å²) in [6, 6.07) is 4.02. The van der Waals surface area contributed by atoms with Crippen molar-refractivity contribution in [3.05, 3.63) is 35.4 Å². The van der Waals surface area contributed by atoms with E-state index in [-0.39, 0.29) is 18.0 Å². The molecule has 1 aromatic carbocycles. The molecule has 17 heavy (non-hydrogen) atoms. The number of β-amino-alcohol motifs (C(OH)–C–C–N with tert-alkyl or cyclic N) is 1. The Labute approximate surface area is 99.9 Å². The molecule has 2 atom stereocenters. The van der Waals surface area contributed by atoms with Gasteiger partial charge in [-0.05, 0) is 32.5 Å². The molecule has 0 bridgehead atoms. The van der Waals surface area contributed by atoms with E-state index in [9.17, 15) is 13.9 Å². The van der Waals surface area contributed by atoms with Gasteiger partial charge in [0, 0.05) is 24.6 Å². The summed E-state index contributed by atoms with van der Waals surface area (Å²) in [6.07, 6.45) is 0.567. The molecule has 2 rings (SSSR count). The van der Waals surface area contributed by atoms with Crippen LogP contribution in [0, 0.1) is 11.6 Å². The van der Waals surface area contributed by atoms with Gasteiger partial charge in [-0.15, -0.1) is 0 Å². The van der Waals surface area contributed by atoms with E-state index in [4.69, 9.17) is 0 Å². The zero-order chi connectivity index (χ0) is 12.6. The normalized spacial score (nSPS) is 29.8. The molecule has 1 aromatic rings. The highest BCUT2D eigenvalue weighted by Crippen LogP contribution is 2.30. The van der Waals surface area contributed by atoms with E-state index in [1.54, 1.807) is 0 Å². The number of hydrogen-bond acceptors (Lipinski definition) is 2. The van der Waals surface area contributed by atoms with Crippen molar-refractivity contribution in [2.24, 2.45) is 0 Å². The third-order valence-electron chi connectivity index (χ3n) is 3.54. The summed E-state index contributed by atoms with van der Waals surface area (Å²) in [5.41, 5.74) is -1.05. The molecule has 2 unspecified atom stereocenters. The Bertz CT molecular complexity index is 392. The van der Waals surface area contributed by atoms with Gasteiger partial charge in [0.05, 0.1) is 5.60 Å². The molecule has 0 spiro atoms. The van der Waals surface area contributed by atoms with Crippen LogP contribution < -0.4 is 0 Å². The molecule has 1 aliphatic rings. The van der Waals surface area contributed by atoms with Crippen molar-refractivity contribution in [1.29, 1.82) is 0 Å². The van der Waals surface area contributed by atoms with E-state index < -0.39 is 17.2 Å². The number of nitrogens with zero attached hydrogens (tertiary/aromatic N) is 1. The molecular weight excluding hydrogens is 224 g/mol. The molecule has 1 saturated heterocycles. The molecule has 1 N–H and O–H groups in total. The molecule has 1 heterocycles. The van der Waals surface area contributed by atoms with Gasteiger partial charge in [0.25, 0.3) is 0 Å². The van der Waals surface area contributed by atoms with Crippen LogP contribution in [0.3, 0.4) is 0 Å². The van der Waals surface area contributed by atoms with Gasteiger partial charge in [0.2, 0.25) is 0 Å². The number of halogens is 2. The Morgan fingerprint density at radius 3 is 2.47 bits per heavy atom. The van der Waals surface area contributed by atoms with Crippen LogP contribution in [-0.2, 0) is 6.42 Å². The lowest BCUT2D eigenvalue weighted by Crippen LogP contribution is -2.35. The fraction of sp³-hybridized carbons (Fsp3) is 0.538. The summed E-state index contributed by atoms with van der Waals surface area (Å²) >= 11 is 0. The minimum Gasteiger partial charge on any atom is -0.388 e. The Hall–Kier alpha value is -1.00. The zero-order valence-electron chi connectivity index (χ0n) is 10.1. The van der Waals surface area contributed by atoms with Crippen LogP contribution in [0.5, 0.6) is 0 Å². The molecule has 94 valence electrons.